The maximum atomic E-state index is 13.0. The Morgan fingerprint density at radius 1 is 1.04 bits per heavy atom. The Labute approximate surface area is 152 Å². The summed E-state index contributed by atoms with van der Waals surface area (Å²) >= 11 is 0. The van der Waals surface area contributed by atoms with Crippen molar-refractivity contribution in [3.05, 3.63) is 66.0 Å². The number of rotatable bonds is 8. The molecule has 26 heavy (non-hydrogen) atoms. The van der Waals surface area contributed by atoms with Crippen LogP contribution in [0.15, 0.2) is 54.6 Å². The maximum Gasteiger partial charge on any atom is 0.321 e. The van der Waals surface area contributed by atoms with Gasteiger partial charge < -0.3 is 15.0 Å². The zero-order chi connectivity index (χ0) is 18.8. The number of amides is 2. The Balaban J connectivity index is 1.98. The monoisotopic (exact) mass is 358 g/mol. The normalized spacial score (nSPS) is 10.2. The molecule has 2 aromatic rings. The smallest absolute Gasteiger partial charge is 0.321 e. The number of nitrogens with one attached hydrogen (secondary N) is 1. The average molecular weight is 358 g/mol. The second-order valence-corrected chi connectivity index (χ2v) is 5.71. The lowest BCUT2D eigenvalue weighted by Crippen LogP contribution is -2.38. The lowest BCUT2D eigenvalue weighted by atomic mass is 10.1. The molecule has 0 spiro atoms. The Hall–Kier alpha value is -2.89. The molecule has 2 amide bonds. The average Bonchev–Trinajstić information content (AvgIpc) is 2.64. The molecule has 1 N–H and O–H groups in total. The van der Waals surface area contributed by atoms with Crippen LogP contribution < -0.4 is 5.32 Å². The molecule has 0 aliphatic carbocycles. The molecule has 0 bridgehead atoms. The van der Waals surface area contributed by atoms with Crippen molar-refractivity contribution in [2.75, 3.05) is 25.0 Å². The molecular weight excluding hydrogens is 335 g/mol. The summed E-state index contributed by atoms with van der Waals surface area (Å²) in [5.41, 5.74) is 1.60. The zero-order valence-corrected chi connectivity index (χ0v) is 14.8. The highest BCUT2D eigenvalue weighted by Crippen LogP contribution is 2.09. The molecule has 0 heterocycles. The molecule has 0 saturated heterocycles. The molecule has 0 atom stereocenters. The predicted octanol–water partition coefficient (Wildman–Crippen LogP) is 3.86. The van der Waals surface area contributed by atoms with E-state index in [0.717, 1.165) is 5.56 Å². The van der Waals surface area contributed by atoms with E-state index in [1.54, 1.807) is 36.1 Å². The number of urea groups is 1. The summed E-state index contributed by atoms with van der Waals surface area (Å²) in [6, 6.07) is 15.0. The highest BCUT2D eigenvalue weighted by Gasteiger charge is 2.16. The van der Waals surface area contributed by atoms with Crippen LogP contribution in [-0.4, -0.2) is 36.6 Å². The molecule has 0 saturated carbocycles. The summed E-state index contributed by atoms with van der Waals surface area (Å²) in [5.74, 6) is -0.637. The fraction of sp³-hybridized carbons (Fsp3) is 0.300. The number of anilines is 1. The third kappa shape index (κ3) is 6.55. The van der Waals surface area contributed by atoms with Crippen LogP contribution in [-0.2, 0) is 16.0 Å². The minimum absolute atomic E-state index is 0.124. The molecule has 6 heteroatoms. The SMILES string of the molecule is CCOC(=O)CCN(CCc1ccc(F)cc1)C(=O)Nc1ccccc1. The number of hydrogen-bond acceptors (Lipinski definition) is 3. The summed E-state index contributed by atoms with van der Waals surface area (Å²) < 4.78 is 17.9. The molecule has 138 valence electrons. The van der Waals surface area contributed by atoms with Gasteiger partial charge in [0.25, 0.3) is 0 Å². The minimum Gasteiger partial charge on any atom is -0.466 e. The Morgan fingerprint density at radius 2 is 1.73 bits per heavy atom. The van der Waals surface area contributed by atoms with E-state index in [0.29, 0.717) is 25.3 Å². The second-order valence-electron chi connectivity index (χ2n) is 5.71. The molecule has 2 rings (SSSR count). The Bertz CT molecular complexity index is 705. The first-order valence-corrected chi connectivity index (χ1v) is 8.59. The number of carbonyl (C=O) groups excluding carboxylic acids is 2. The molecule has 2 aromatic carbocycles. The number of nitrogens with zero attached hydrogens (tertiary/aromatic N) is 1. The van der Waals surface area contributed by atoms with Crippen molar-refractivity contribution >= 4 is 17.7 Å². The highest BCUT2D eigenvalue weighted by atomic mass is 19.1. The molecule has 0 aromatic heterocycles. The molecule has 0 aliphatic heterocycles. The minimum atomic E-state index is -0.341. The molecule has 0 aliphatic rings. The fourth-order valence-electron chi connectivity index (χ4n) is 2.41. The van der Waals surface area contributed by atoms with Crippen molar-refractivity contribution in [1.82, 2.24) is 4.90 Å². The number of esters is 1. The van der Waals surface area contributed by atoms with Crippen LogP contribution in [0.5, 0.6) is 0 Å². The summed E-state index contributed by atoms with van der Waals surface area (Å²) in [5, 5.41) is 2.82. The highest BCUT2D eigenvalue weighted by molar-refractivity contribution is 5.89. The van der Waals surface area contributed by atoms with E-state index in [2.05, 4.69) is 5.32 Å². The number of carbonyl (C=O) groups is 2. The molecule has 5 nitrogen and oxygen atoms in total. The van der Waals surface area contributed by atoms with Crippen LogP contribution in [0.1, 0.15) is 18.9 Å². The van der Waals surface area contributed by atoms with Gasteiger partial charge in [-0.15, -0.1) is 0 Å². The van der Waals surface area contributed by atoms with E-state index in [-0.39, 0.29) is 30.8 Å². The standard InChI is InChI=1S/C20H23FN2O3/c1-2-26-19(24)13-15-23(14-12-16-8-10-17(21)11-9-16)20(25)22-18-6-4-3-5-7-18/h3-11H,2,12-15H2,1H3,(H,22,25). The van der Waals surface area contributed by atoms with Gasteiger partial charge in [0, 0.05) is 18.8 Å². The number of hydrogen-bond donors (Lipinski definition) is 1. The van der Waals surface area contributed by atoms with E-state index < -0.39 is 0 Å². The van der Waals surface area contributed by atoms with Gasteiger partial charge in [0.15, 0.2) is 0 Å². The van der Waals surface area contributed by atoms with Crippen LogP contribution in [0.2, 0.25) is 0 Å². The summed E-state index contributed by atoms with van der Waals surface area (Å²) in [6.07, 6.45) is 0.685. The van der Waals surface area contributed by atoms with Crippen LogP contribution in [0.4, 0.5) is 14.9 Å². The zero-order valence-electron chi connectivity index (χ0n) is 14.8. The first-order valence-electron chi connectivity index (χ1n) is 8.59. The molecule has 0 unspecified atom stereocenters. The topological polar surface area (TPSA) is 58.6 Å². The van der Waals surface area contributed by atoms with Gasteiger partial charge >= 0.3 is 12.0 Å². The van der Waals surface area contributed by atoms with Gasteiger partial charge in [0.1, 0.15) is 5.82 Å². The van der Waals surface area contributed by atoms with Crippen molar-refractivity contribution < 1.29 is 18.7 Å². The number of para-hydroxylation sites is 1. The molecule has 0 radical (unpaired) electrons. The van der Waals surface area contributed by atoms with E-state index in [4.69, 9.17) is 4.74 Å². The largest absolute Gasteiger partial charge is 0.466 e. The van der Waals surface area contributed by atoms with E-state index >= 15 is 0 Å². The maximum absolute atomic E-state index is 13.0. The predicted molar refractivity (Wildman–Crippen MR) is 98.4 cm³/mol. The lowest BCUT2D eigenvalue weighted by molar-refractivity contribution is -0.143. The van der Waals surface area contributed by atoms with Gasteiger partial charge in [-0.2, -0.15) is 0 Å². The molecular formula is C20H23FN2O3. The van der Waals surface area contributed by atoms with Crippen LogP contribution in [0, 0.1) is 5.82 Å². The quantitative estimate of drug-likeness (QED) is 0.729. The first kappa shape index (κ1) is 19.4. The van der Waals surface area contributed by atoms with Crippen molar-refractivity contribution in [3.8, 4) is 0 Å². The van der Waals surface area contributed by atoms with Crippen LogP contribution >= 0.6 is 0 Å². The second kappa shape index (κ2) is 10.2. The summed E-state index contributed by atoms with van der Waals surface area (Å²) in [7, 11) is 0. The third-order valence-corrected chi connectivity index (χ3v) is 3.79. The van der Waals surface area contributed by atoms with Crippen molar-refractivity contribution in [1.29, 1.82) is 0 Å². The van der Waals surface area contributed by atoms with Gasteiger partial charge in [0.05, 0.1) is 13.0 Å². The number of ether oxygens (including phenoxy) is 1. The fourth-order valence-corrected chi connectivity index (χ4v) is 2.41. The van der Waals surface area contributed by atoms with Gasteiger partial charge in [-0.3, -0.25) is 4.79 Å². The number of halogens is 1. The van der Waals surface area contributed by atoms with E-state index in [1.807, 2.05) is 18.2 Å². The summed E-state index contributed by atoms with van der Waals surface area (Å²) in [4.78, 5) is 25.7. The first-order chi connectivity index (χ1) is 12.6. The van der Waals surface area contributed by atoms with Crippen molar-refractivity contribution in [2.24, 2.45) is 0 Å². The molecule has 0 fully saturated rings. The number of benzene rings is 2. The van der Waals surface area contributed by atoms with Crippen molar-refractivity contribution in [3.63, 3.8) is 0 Å². The Morgan fingerprint density at radius 3 is 2.38 bits per heavy atom. The van der Waals surface area contributed by atoms with Gasteiger partial charge in [-0.05, 0) is 43.2 Å². The lowest BCUT2D eigenvalue weighted by Gasteiger charge is -2.23. The van der Waals surface area contributed by atoms with Crippen LogP contribution in [0.25, 0.3) is 0 Å². The van der Waals surface area contributed by atoms with E-state index in [9.17, 15) is 14.0 Å². The van der Waals surface area contributed by atoms with Gasteiger partial charge in [0.2, 0.25) is 0 Å². The summed E-state index contributed by atoms with van der Waals surface area (Å²) in [6.45, 7) is 2.71. The van der Waals surface area contributed by atoms with Gasteiger partial charge in [-0.1, -0.05) is 30.3 Å². The van der Waals surface area contributed by atoms with E-state index in [1.165, 1.54) is 12.1 Å². The van der Waals surface area contributed by atoms with Crippen LogP contribution in [0.3, 0.4) is 0 Å². The van der Waals surface area contributed by atoms with Gasteiger partial charge in [-0.25, -0.2) is 9.18 Å². The third-order valence-electron chi connectivity index (χ3n) is 3.79. The van der Waals surface area contributed by atoms with Crippen molar-refractivity contribution in [2.45, 2.75) is 19.8 Å². The Kier molecular flexibility index (Phi) is 7.61.